The van der Waals surface area contributed by atoms with Crippen molar-refractivity contribution in [2.24, 2.45) is 0 Å². The Balaban J connectivity index is 2.69. The van der Waals surface area contributed by atoms with E-state index in [1.54, 1.807) is 7.11 Å². The normalized spacial score (nSPS) is 16.5. The van der Waals surface area contributed by atoms with E-state index in [0.717, 1.165) is 19.4 Å². The van der Waals surface area contributed by atoms with Crippen LogP contribution in [0.15, 0.2) is 4.52 Å². The Labute approximate surface area is 109 Å². The number of ether oxygens (including phenoxy) is 1. The minimum absolute atomic E-state index is 0.127. The van der Waals surface area contributed by atoms with E-state index in [1.807, 2.05) is 6.92 Å². The highest BCUT2D eigenvalue weighted by Crippen LogP contribution is 2.21. The Morgan fingerprint density at radius 2 is 2.06 bits per heavy atom. The van der Waals surface area contributed by atoms with Gasteiger partial charge in [-0.15, -0.1) is 0 Å². The monoisotopic (exact) mass is 255 g/mol. The molecular formula is C13H25N3O2. The van der Waals surface area contributed by atoms with Crippen LogP contribution in [0.3, 0.4) is 0 Å². The van der Waals surface area contributed by atoms with Gasteiger partial charge in [0.1, 0.15) is 6.10 Å². The molecule has 5 heteroatoms. The maximum atomic E-state index is 5.33. The standard InChI is InChI=1S/C13H25N3O2/c1-6-8-14-11(7-2)9(3)13-15-12(16-18-13)10(4)17-5/h9-11,14H,6-8H2,1-5H3. The third kappa shape index (κ3) is 3.78. The lowest BCUT2D eigenvalue weighted by Gasteiger charge is -2.20. The van der Waals surface area contributed by atoms with Crippen molar-refractivity contribution < 1.29 is 9.26 Å². The Hall–Kier alpha value is -0.940. The zero-order valence-electron chi connectivity index (χ0n) is 12.1. The van der Waals surface area contributed by atoms with Gasteiger partial charge in [-0.1, -0.05) is 25.9 Å². The molecule has 1 aromatic heterocycles. The summed E-state index contributed by atoms with van der Waals surface area (Å²) >= 11 is 0. The maximum Gasteiger partial charge on any atom is 0.231 e. The molecule has 0 radical (unpaired) electrons. The first-order chi connectivity index (χ1) is 8.63. The maximum absolute atomic E-state index is 5.33. The van der Waals surface area contributed by atoms with Crippen molar-refractivity contribution in [1.29, 1.82) is 0 Å². The molecule has 0 saturated carbocycles. The van der Waals surface area contributed by atoms with Gasteiger partial charge in [0.05, 0.1) is 5.92 Å². The van der Waals surface area contributed by atoms with E-state index in [0.29, 0.717) is 17.8 Å². The lowest BCUT2D eigenvalue weighted by atomic mass is 9.99. The average molecular weight is 255 g/mol. The summed E-state index contributed by atoms with van der Waals surface area (Å²) in [6.45, 7) is 9.37. The lowest BCUT2D eigenvalue weighted by Crippen LogP contribution is -2.33. The molecule has 5 nitrogen and oxygen atoms in total. The predicted octanol–water partition coefficient (Wildman–Crippen LogP) is 2.66. The molecule has 104 valence electrons. The number of nitrogens with one attached hydrogen (secondary N) is 1. The third-order valence-corrected chi connectivity index (χ3v) is 3.26. The van der Waals surface area contributed by atoms with Crippen molar-refractivity contribution in [3.8, 4) is 0 Å². The molecule has 1 aromatic rings. The van der Waals surface area contributed by atoms with Crippen LogP contribution in [-0.4, -0.2) is 29.8 Å². The number of hydrogen-bond donors (Lipinski definition) is 1. The lowest BCUT2D eigenvalue weighted by molar-refractivity contribution is 0.109. The van der Waals surface area contributed by atoms with Gasteiger partial charge in [0.25, 0.3) is 0 Å². The van der Waals surface area contributed by atoms with Crippen LogP contribution in [-0.2, 0) is 4.74 Å². The van der Waals surface area contributed by atoms with Crippen LogP contribution in [0.1, 0.15) is 64.3 Å². The number of hydrogen-bond acceptors (Lipinski definition) is 5. The molecule has 0 amide bonds. The summed E-state index contributed by atoms with van der Waals surface area (Å²) < 4.78 is 10.5. The second-order valence-electron chi connectivity index (χ2n) is 4.63. The molecular weight excluding hydrogens is 230 g/mol. The number of rotatable bonds is 8. The summed E-state index contributed by atoms with van der Waals surface area (Å²) in [7, 11) is 1.64. The summed E-state index contributed by atoms with van der Waals surface area (Å²) in [5.41, 5.74) is 0. The topological polar surface area (TPSA) is 60.2 Å². The predicted molar refractivity (Wildman–Crippen MR) is 70.5 cm³/mol. The first-order valence-electron chi connectivity index (χ1n) is 6.73. The van der Waals surface area contributed by atoms with Gasteiger partial charge >= 0.3 is 0 Å². The fourth-order valence-electron chi connectivity index (χ4n) is 1.88. The number of methoxy groups -OCH3 is 1. The van der Waals surface area contributed by atoms with Crippen molar-refractivity contribution in [1.82, 2.24) is 15.5 Å². The molecule has 0 aromatic carbocycles. The molecule has 0 aliphatic carbocycles. The van der Waals surface area contributed by atoms with Crippen molar-refractivity contribution in [2.45, 2.75) is 58.6 Å². The van der Waals surface area contributed by atoms with Crippen LogP contribution in [0.4, 0.5) is 0 Å². The molecule has 1 N–H and O–H groups in total. The van der Waals surface area contributed by atoms with E-state index in [2.05, 4.69) is 36.2 Å². The van der Waals surface area contributed by atoms with E-state index >= 15 is 0 Å². The molecule has 1 rings (SSSR count). The van der Waals surface area contributed by atoms with Crippen molar-refractivity contribution >= 4 is 0 Å². The Morgan fingerprint density at radius 3 is 2.61 bits per heavy atom. The molecule has 0 aliphatic heterocycles. The SMILES string of the molecule is CCCNC(CC)C(C)c1nc(C(C)OC)no1. The van der Waals surface area contributed by atoms with Crippen LogP contribution in [0.5, 0.6) is 0 Å². The van der Waals surface area contributed by atoms with E-state index in [-0.39, 0.29) is 12.0 Å². The minimum Gasteiger partial charge on any atom is -0.374 e. The quantitative estimate of drug-likeness (QED) is 0.774. The second-order valence-corrected chi connectivity index (χ2v) is 4.63. The molecule has 0 bridgehead atoms. The van der Waals surface area contributed by atoms with Gasteiger partial charge in [-0.25, -0.2) is 0 Å². The Bertz CT molecular complexity index is 341. The summed E-state index contributed by atoms with van der Waals surface area (Å²) in [4.78, 5) is 4.42. The number of aromatic nitrogens is 2. The van der Waals surface area contributed by atoms with Gasteiger partial charge in [0, 0.05) is 13.2 Å². The first kappa shape index (κ1) is 15.1. The molecule has 3 atom stereocenters. The molecule has 0 fully saturated rings. The fraction of sp³-hybridized carbons (Fsp3) is 0.846. The van der Waals surface area contributed by atoms with E-state index in [1.165, 1.54) is 0 Å². The zero-order chi connectivity index (χ0) is 13.5. The number of nitrogens with zero attached hydrogens (tertiary/aromatic N) is 2. The van der Waals surface area contributed by atoms with Gasteiger partial charge in [-0.05, 0) is 26.3 Å². The average Bonchev–Trinajstić information content (AvgIpc) is 2.88. The molecule has 0 spiro atoms. The second kappa shape index (κ2) is 7.48. The molecule has 0 saturated heterocycles. The summed E-state index contributed by atoms with van der Waals surface area (Å²) in [5, 5.41) is 7.48. The van der Waals surface area contributed by atoms with Crippen LogP contribution >= 0.6 is 0 Å². The molecule has 3 unspecified atom stereocenters. The molecule has 0 aliphatic rings. The fourth-order valence-corrected chi connectivity index (χ4v) is 1.88. The molecule has 1 heterocycles. The van der Waals surface area contributed by atoms with Gasteiger partial charge in [-0.3, -0.25) is 0 Å². The highest BCUT2D eigenvalue weighted by molar-refractivity contribution is 4.98. The Morgan fingerprint density at radius 1 is 1.33 bits per heavy atom. The van der Waals surface area contributed by atoms with Gasteiger partial charge < -0.3 is 14.6 Å². The van der Waals surface area contributed by atoms with Crippen LogP contribution in [0, 0.1) is 0 Å². The minimum atomic E-state index is -0.127. The van der Waals surface area contributed by atoms with E-state index in [4.69, 9.17) is 9.26 Å². The largest absolute Gasteiger partial charge is 0.374 e. The van der Waals surface area contributed by atoms with Crippen LogP contribution in [0.2, 0.25) is 0 Å². The highest BCUT2D eigenvalue weighted by atomic mass is 16.5. The molecule has 18 heavy (non-hydrogen) atoms. The van der Waals surface area contributed by atoms with Crippen LogP contribution < -0.4 is 5.32 Å². The van der Waals surface area contributed by atoms with Gasteiger partial charge in [0.2, 0.25) is 5.89 Å². The Kier molecular flexibility index (Phi) is 6.29. The summed E-state index contributed by atoms with van der Waals surface area (Å²) in [6.07, 6.45) is 2.04. The van der Waals surface area contributed by atoms with Crippen molar-refractivity contribution in [3.63, 3.8) is 0 Å². The smallest absolute Gasteiger partial charge is 0.231 e. The first-order valence-corrected chi connectivity index (χ1v) is 6.73. The zero-order valence-corrected chi connectivity index (χ0v) is 12.1. The van der Waals surface area contributed by atoms with Gasteiger partial charge in [-0.2, -0.15) is 4.98 Å². The summed E-state index contributed by atoms with van der Waals surface area (Å²) in [6, 6.07) is 0.371. The van der Waals surface area contributed by atoms with Crippen LogP contribution in [0.25, 0.3) is 0 Å². The summed E-state index contributed by atoms with van der Waals surface area (Å²) in [5.74, 6) is 1.51. The van der Waals surface area contributed by atoms with E-state index in [9.17, 15) is 0 Å². The van der Waals surface area contributed by atoms with E-state index < -0.39 is 0 Å². The van der Waals surface area contributed by atoms with Gasteiger partial charge in [0.15, 0.2) is 5.82 Å². The van der Waals surface area contributed by atoms with Crippen molar-refractivity contribution in [2.75, 3.05) is 13.7 Å². The van der Waals surface area contributed by atoms with Crippen molar-refractivity contribution in [3.05, 3.63) is 11.7 Å². The third-order valence-electron chi connectivity index (χ3n) is 3.26. The highest BCUT2D eigenvalue weighted by Gasteiger charge is 2.23.